The fourth-order valence-electron chi connectivity index (χ4n) is 5.53. The van der Waals surface area contributed by atoms with Crippen LogP contribution in [0.1, 0.15) is 37.0 Å². The number of piperidine rings is 2. The Kier molecular flexibility index (Phi) is 3.25. The van der Waals surface area contributed by atoms with Crippen LogP contribution in [0.2, 0.25) is 0 Å². The highest BCUT2D eigenvalue weighted by molar-refractivity contribution is 14.1. The Morgan fingerprint density at radius 2 is 2.22 bits per heavy atom. The maximum atomic E-state index is 9.91. The lowest BCUT2D eigenvalue weighted by Gasteiger charge is -2.54. The van der Waals surface area contributed by atoms with Gasteiger partial charge in [-0.05, 0) is 56.2 Å². The summed E-state index contributed by atoms with van der Waals surface area (Å²) in [7, 11) is 0. The maximum Gasteiger partial charge on any atom is 0.134 e. The molecule has 0 spiro atoms. The van der Waals surface area contributed by atoms with Gasteiger partial charge < -0.3 is 9.52 Å². The maximum absolute atomic E-state index is 9.91. The minimum absolute atomic E-state index is 0.341. The Labute approximate surface area is 150 Å². The van der Waals surface area contributed by atoms with Gasteiger partial charge in [0.05, 0.1) is 0 Å². The molecule has 0 radical (unpaired) electrons. The highest BCUT2D eigenvalue weighted by Crippen LogP contribution is 2.52. The molecule has 122 valence electrons. The predicted molar refractivity (Wildman–Crippen MR) is 99.4 cm³/mol. The average molecular weight is 423 g/mol. The van der Waals surface area contributed by atoms with Crippen molar-refractivity contribution >= 4 is 33.6 Å². The zero-order valence-corrected chi connectivity index (χ0v) is 15.5. The van der Waals surface area contributed by atoms with Crippen LogP contribution in [0.25, 0.3) is 11.0 Å². The van der Waals surface area contributed by atoms with Crippen molar-refractivity contribution in [2.24, 2.45) is 11.8 Å². The van der Waals surface area contributed by atoms with E-state index in [9.17, 15) is 5.11 Å². The van der Waals surface area contributed by atoms with Gasteiger partial charge in [-0.1, -0.05) is 22.6 Å². The normalized spacial score (nSPS) is 38.5. The summed E-state index contributed by atoms with van der Waals surface area (Å²) in [5.41, 5.74) is 2.30. The summed E-state index contributed by atoms with van der Waals surface area (Å²) in [5, 5.41) is 11.0. The summed E-state index contributed by atoms with van der Waals surface area (Å²) >= 11 is 2.57. The Morgan fingerprint density at radius 1 is 1.35 bits per heavy atom. The molecule has 6 atom stereocenters. The SMILES string of the molecule is C[C@@H]1Cc2c(oc3ccc(O)cc23)C2CC3CC(CI)C2N1C3. The van der Waals surface area contributed by atoms with E-state index in [4.69, 9.17) is 4.42 Å². The number of hydrogen-bond donors (Lipinski definition) is 1. The molecule has 3 nitrogen and oxygen atoms in total. The molecular weight excluding hydrogens is 401 g/mol. The van der Waals surface area contributed by atoms with Crippen LogP contribution in [0.15, 0.2) is 22.6 Å². The van der Waals surface area contributed by atoms with Crippen LogP contribution in [0.3, 0.4) is 0 Å². The van der Waals surface area contributed by atoms with Crippen LogP contribution in [0, 0.1) is 11.8 Å². The number of phenols is 1. The van der Waals surface area contributed by atoms with Gasteiger partial charge in [0.1, 0.15) is 17.1 Å². The van der Waals surface area contributed by atoms with Crippen molar-refractivity contribution in [2.75, 3.05) is 11.0 Å². The molecule has 1 N–H and O–H groups in total. The van der Waals surface area contributed by atoms with Crippen LogP contribution >= 0.6 is 22.6 Å². The number of fused-ring (bicyclic) bond motifs is 4. The van der Waals surface area contributed by atoms with E-state index in [1.54, 1.807) is 6.07 Å². The monoisotopic (exact) mass is 423 g/mol. The summed E-state index contributed by atoms with van der Waals surface area (Å²) in [4.78, 5) is 2.77. The van der Waals surface area contributed by atoms with Crippen molar-refractivity contribution in [3.8, 4) is 5.75 Å². The lowest BCUT2D eigenvalue weighted by molar-refractivity contribution is -0.0288. The van der Waals surface area contributed by atoms with Crippen molar-refractivity contribution in [3.63, 3.8) is 0 Å². The summed E-state index contributed by atoms with van der Waals surface area (Å²) in [5.74, 6) is 3.72. The fraction of sp³-hybridized carbons (Fsp3) is 0.579. The van der Waals surface area contributed by atoms with E-state index in [0.29, 0.717) is 23.8 Å². The molecule has 4 heterocycles. The first kappa shape index (κ1) is 14.6. The number of furan rings is 1. The smallest absolute Gasteiger partial charge is 0.134 e. The zero-order chi connectivity index (χ0) is 15.7. The number of phenolic OH excluding ortho intramolecular Hbond substituents is 1. The van der Waals surface area contributed by atoms with Crippen LogP contribution in [-0.4, -0.2) is 33.1 Å². The topological polar surface area (TPSA) is 36.6 Å². The molecular formula is C19H22INO2. The lowest BCUT2D eigenvalue weighted by Crippen LogP contribution is -2.59. The number of benzene rings is 1. The van der Waals surface area contributed by atoms with Gasteiger partial charge in [-0.2, -0.15) is 0 Å². The van der Waals surface area contributed by atoms with Gasteiger partial charge in [0.25, 0.3) is 0 Å². The van der Waals surface area contributed by atoms with Crippen molar-refractivity contribution in [3.05, 3.63) is 29.5 Å². The van der Waals surface area contributed by atoms with E-state index in [2.05, 4.69) is 34.4 Å². The Morgan fingerprint density at radius 3 is 3.04 bits per heavy atom. The zero-order valence-electron chi connectivity index (χ0n) is 13.3. The van der Waals surface area contributed by atoms with E-state index in [1.807, 2.05) is 12.1 Å². The van der Waals surface area contributed by atoms with Crippen molar-refractivity contribution in [1.82, 2.24) is 4.90 Å². The van der Waals surface area contributed by atoms with E-state index < -0.39 is 0 Å². The van der Waals surface area contributed by atoms with E-state index in [-0.39, 0.29) is 0 Å². The predicted octanol–water partition coefficient (Wildman–Crippen LogP) is 4.31. The number of rotatable bonds is 1. The first-order chi connectivity index (χ1) is 11.2. The van der Waals surface area contributed by atoms with Crippen LogP contribution < -0.4 is 0 Å². The molecule has 4 bridgehead atoms. The molecule has 1 aromatic heterocycles. The van der Waals surface area contributed by atoms with Gasteiger partial charge in [0, 0.05) is 39.9 Å². The Hall–Kier alpha value is -0.750. The molecule has 5 unspecified atom stereocenters. The largest absolute Gasteiger partial charge is 0.508 e. The van der Waals surface area contributed by atoms with Gasteiger partial charge in [-0.15, -0.1) is 0 Å². The molecule has 1 aromatic carbocycles. The van der Waals surface area contributed by atoms with Gasteiger partial charge in [0.2, 0.25) is 0 Å². The van der Waals surface area contributed by atoms with Gasteiger partial charge in [0.15, 0.2) is 0 Å². The molecule has 3 fully saturated rings. The molecule has 3 aliphatic heterocycles. The Balaban J connectivity index is 1.72. The quantitative estimate of drug-likeness (QED) is 0.549. The standard InChI is InChI=1S/C19H22INO2/c1-10-4-15-14-7-13(22)2-3-17(14)23-19(15)16-6-11-5-12(8-20)18(16)21(10)9-11/h2-3,7,10-12,16,18,22H,4-6,8-9H2,1H3/t10-,11?,12?,16?,18?/m1/s1. The molecule has 2 saturated heterocycles. The van der Waals surface area contributed by atoms with E-state index >= 15 is 0 Å². The highest BCUT2D eigenvalue weighted by Gasteiger charge is 2.51. The third-order valence-electron chi connectivity index (χ3n) is 6.38. The van der Waals surface area contributed by atoms with Gasteiger partial charge in [-0.3, -0.25) is 4.90 Å². The van der Waals surface area contributed by atoms with Crippen LogP contribution in [0.5, 0.6) is 5.75 Å². The number of hydrogen-bond acceptors (Lipinski definition) is 3. The summed E-state index contributed by atoms with van der Waals surface area (Å²) in [6.07, 6.45) is 3.71. The first-order valence-electron chi connectivity index (χ1n) is 8.71. The minimum Gasteiger partial charge on any atom is -0.508 e. The van der Waals surface area contributed by atoms with Crippen LogP contribution in [-0.2, 0) is 6.42 Å². The highest BCUT2D eigenvalue weighted by atomic mass is 127. The second kappa shape index (κ2) is 5.12. The number of aromatic hydroxyl groups is 1. The fourth-order valence-corrected chi connectivity index (χ4v) is 6.41. The molecule has 1 aliphatic carbocycles. The third kappa shape index (κ3) is 2.03. The number of alkyl halides is 1. The summed E-state index contributed by atoms with van der Waals surface area (Å²) in [6, 6.07) is 6.76. The Bertz CT molecular complexity index is 770. The summed E-state index contributed by atoms with van der Waals surface area (Å²) < 4.78 is 7.61. The van der Waals surface area contributed by atoms with Gasteiger partial charge in [-0.25, -0.2) is 0 Å². The third-order valence-corrected chi connectivity index (χ3v) is 7.51. The van der Waals surface area contributed by atoms with E-state index in [0.717, 1.165) is 29.2 Å². The molecule has 0 amide bonds. The number of nitrogens with zero attached hydrogens (tertiary/aromatic N) is 1. The molecule has 1 saturated carbocycles. The molecule has 6 rings (SSSR count). The lowest BCUT2D eigenvalue weighted by atomic mass is 9.66. The minimum atomic E-state index is 0.341. The van der Waals surface area contributed by atoms with Crippen LogP contribution in [0.4, 0.5) is 0 Å². The molecule has 23 heavy (non-hydrogen) atoms. The van der Waals surface area contributed by atoms with Gasteiger partial charge >= 0.3 is 0 Å². The number of halogens is 1. The summed E-state index contributed by atoms with van der Waals surface area (Å²) in [6.45, 7) is 3.64. The molecule has 4 aliphatic rings. The van der Waals surface area contributed by atoms with Crippen molar-refractivity contribution in [2.45, 2.75) is 44.2 Å². The van der Waals surface area contributed by atoms with Crippen molar-refractivity contribution < 1.29 is 9.52 Å². The second-order valence-electron chi connectivity index (χ2n) is 7.72. The van der Waals surface area contributed by atoms with E-state index in [1.165, 1.54) is 35.1 Å². The van der Waals surface area contributed by atoms with Crippen molar-refractivity contribution in [1.29, 1.82) is 0 Å². The second-order valence-corrected chi connectivity index (χ2v) is 8.60. The average Bonchev–Trinajstić information content (AvgIpc) is 2.88. The first-order valence-corrected chi connectivity index (χ1v) is 10.2. The molecule has 4 heteroatoms. The molecule has 2 aromatic rings.